The zero-order valence-corrected chi connectivity index (χ0v) is 10.2. The van der Waals surface area contributed by atoms with Gasteiger partial charge in [-0.05, 0) is 52.4 Å². The lowest BCUT2D eigenvalue weighted by Gasteiger charge is -2.35. The molecule has 0 aromatic heterocycles. The molecule has 1 aliphatic heterocycles. The summed E-state index contributed by atoms with van der Waals surface area (Å²) in [6.45, 7) is 3.30. The first-order valence-electron chi connectivity index (χ1n) is 6.19. The molecule has 0 spiro atoms. The number of rotatable bonds is 4. The molecule has 1 aliphatic carbocycles. The topological polar surface area (TPSA) is 43.8 Å². The maximum absolute atomic E-state index is 10.7. The van der Waals surface area contributed by atoms with Gasteiger partial charge in [0.25, 0.3) is 0 Å². The lowest BCUT2D eigenvalue weighted by molar-refractivity contribution is -0.138. The van der Waals surface area contributed by atoms with Crippen molar-refractivity contribution in [3.05, 3.63) is 0 Å². The number of carboxylic acids is 1. The van der Waals surface area contributed by atoms with Gasteiger partial charge >= 0.3 is 5.97 Å². The van der Waals surface area contributed by atoms with Crippen molar-refractivity contribution in [3.63, 3.8) is 0 Å². The molecule has 16 heavy (non-hydrogen) atoms. The van der Waals surface area contributed by atoms with E-state index < -0.39 is 5.97 Å². The molecule has 4 nitrogen and oxygen atoms in total. The van der Waals surface area contributed by atoms with E-state index in [1.54, 1.807) is 0 Å². The molecule has 4 heteroatoms. The van der Waals surface area contributed by atoms with Gasteiger partial charge in [-0.3, -0.25) is 4.79 Å². The van der Waals surface area contributed by atoms with Crippen molar-refractivity contribution in [3.8, 4) is 0 Å². The molecule has 0 aromatic rings. The minimum atomic E-state index is -0.609. The molecule has 1 heterocycles. The summed E-state index contributed by atoms with van der Waals surface area (Å²) in [5.41, 5.74) is 0. The standard InChI is InChI=1S/C12H22N2O2/c1-13-5-3-10(4-6-13)14(2)8-9-7-11(9)12(15)16/h9-11H,3-8H2,1-2H3,(H,15,16). The fourth-order valence-electron chi connectivity index (χ4n) is 2.71. The van der Waals surface area contributed by atoms with E-state index in [2.05, 4.69) is 23.9 Å². The molecular weight excluding hydrogens is 204 g/mol. The largest absolute Gasteiger partial charge is 0.481 e. The first-order chi connectivity index (χ1) is 7.58. The molecule has 0 radical (unpaired) electrons. The monoisotopic (exact) mass is 226 g/mol. The second kappa shape index (κ2) is 4.72. The summed E-state index contributed by atoms with van der Waals surface area (Å²) in [4.78, 5) is 15.5. The lowest BCUT2D eigenvalue weighted by atomic mass is 10.0. The fourth-order valence-corrected chi connectivity index (χ4v) is 2.71. The summed E-state index contributed by atoms with van der Waals surface area (Å²) in [6.07, 6.45) is 3.32. The number of piperidine rings is 1. The van der Waals surface area contributed by atoms with Crippen LogP contribution >= 0.6 is 0 Å². The molecule has 2 fully saturated rings. The van der Waals surface area contributed by atoms with E-state index >= 15 is 0 Å². The third kappa shape index (κ3) is 2.74. The fraction of sp³-hybridized carbons (Fsp3) is 0.917. The molecule has 2 atom stereocenters. The van der Waals surface area contributed by atoms with E-state index in [9.17, 15) is 4.79 Å². The number of aliphatic carboxylic acids is 1. The highest BCUT2D eigenvalue weighted by Gasteiger charge is 2.44. The Morgan fingerprint density at radius 1 is 1.44 bits per heavy atom. The summed E-state index contributed by atoms with van der Waals surface area (Å²) in [5.74, 6) is -0.266. The molecule has 1 N–H and O–H groups in total. The van der Waals surface area contributed by atoms with Gasteiger partial charge in [0.1, 0.15) is 0 Å². The normalized spacial score (nSPS) is 31.9. The highest BCUT2D eigenvalue weighted by Crippen LogP contribution is 2.39. The van der Waals surface area contributed by atoms with Crippen LogP contribution in [0.5, 0.6) is 0 Å². The average Bonchev–Trinajstić information content (AvgIpc) is 2.98. The summed E-state index contributed by atoms with van der Waals surface area (Å²) in [7, 11) is 4.31. The molecule has 0 bridgehead atoms. The average molecular weight is 226 g/mol. The van der Waals surface area contributed by atoms with Crippen LogP contribution in [0.25, 0.3) is 0 Å². The van der Waals surface area contributed by atoms with Gasteiger partial charge in [0, 0.05) is 12.6 Å². The third-order valence-corrected chi connectivity index (χ3v) is 4.07. The minimum absolute atomic E-state index is 0.0614. The number of hydrogen-bond donors (Lipinski definition) is 1. The molecule has 2 aliphatic rings. The van der Waals surface area contributed by atoms with Crippen molar-refractivity contribution in [2.24, 2.45) is 11.8 Å². The Kier molecular flexibility index (Phi) is 3.50. The first-order valence-corrected chi connectivity index (χ1v) is 6.19. The predicted octanol–water partition coefficient (Wildman–Crippen LogP) is 0.733. The second-order valence-corrected chi connectivity index (χ2v) is 5.41. The van der Waals surface area contributed by atoms with E-state index in [1.165, 1.54) is 25.9 Å². The van der Waals surface area contributed by atoms with E-state index in [0.29, 0.717) is 12.0 Å². The van der Waals surface area contributed by atoms with E-state index in [0.717, 1.165) is 13.0 Å². The van der Waals surface area contributed by atoms with E-state index in [4.69, 9.17) is 5.11 Å². The summed E-state index contributed by atoms with van der Waals surface area (Å²) < 4.78 is 0. The van der Waals surface area contributed by atoms with Crippen molar-refractivity contribution in [1.29, 1.82) is 0 Å². The Balaban J connectivity index is 1.72. The Bertz CT molecular complexity index is 262. The molecule has 0 amide bonds. The van der Waals surface area contributed by atoms with Gasteiger partial charge in [0.15, 0.2) is 0 Å². The Labute approximate surface area is 97.2 Å². The van der Waals surface area contributed by atoms with Crippen LogP contribution in [0.3, 0.4) is 0 Å². The van der Waals surface area contributed by atoms with Gasteiger partial charge in [-0.25, -0.2) is 0 Å². The smallest absolute Gasteiger partial charge is 0.306 e. The van der Waals surface area contributed by atoms with Gasteiger partial charge in [-0.2, -0.15) is 0 Å². The molecular formula is C12H22N2O2. The zero-order chi connectivity index (χ0) is 11.7. The highest BCUT2D eigenvalue weighted by atomic mass is 16.4. The van der Waals surface area contributed by atoms with Crippen molar-refractivity contribution < 1.29 is 9.90 Å². The van der Waals surface area contributed by atoms with Crippen LogP contribution in [0.1, 0.15) is 19.3 Å². The summed E-state index contributed by atoms with van der Waals surface area (Å²) >= 11 is 0. The number of likely N-dealkylation sites (tertiary alicyclic amines) is 1. The molecule has 0 aromatic carbocycles. The molecule has 92 valence electrons. The van der Waals surface area contributed by atoms with Crippen molar-refractivity contribution in [2.75, 3.05) is 33.7 Å². The maximum atomic E-state index is 10.7. The molecule has 2 rings (SSSR count). The van der Waals surface area contributed by atoms with Crippen LogP contribution < -0.4 is 0 Å². The van der Waals surface area contributed by atoms with Gasteiger partial charge < -0.3 is 14.9 Å². The second-order valence-electron chi connectivity index (χ2n) is 5.41. The van der Waals surface area contributed by atoms with Gasteiger partial charge in [0.2, 0.25) is 0 Å². The van der Waals surface area contributed by atoms with Crippen LogP contribution in [0.2, 0.25) is 0 Å². The van der Waals surface area contributed by atoms with Gasteiger partial charge in [-0.1, -0.05) is 0 Å². The van der Waals surface area contributed by atoms with Crippen LogP contribution in [-0.2, 0) is 4.79 Å². The van der Waals surface area contributed by atoms with Crippen molar-refractivity contribution >= 4 is 5.97 Å². The Morgan fingerprint density at radius 2 is 2.06 bits per heavy atom. The SMILES string of the molecule is CN1CCC(N(C)CC2CC2C(=O)O)CC1. The van der Waals surface area contributed by atoms with Crippen LogP contribution in [0, 0.1) is 11.8 Å². The van der Waals surface area contributed by atoms with Crippen molar-refractivity contribution in [2.45, 2.75) is 25.3 Å². The molecule has 1 saturated heterocycles. The summed E-state index contributed by atoms with van der Waals surface area (Å²) in [6, 6.07) is 0.659. The van der Waals surface area contributed by atoms with Gasteiger partial charge in [-0.15, -0.1) is 0 Å². The lowest BCUT2D eigenvalue weighted by Crippen LogP contribution is -2.42. The molecule has 2 unspecified atom stereocenters. The van der Waals surface area contributed by atoms with Crippen LogP contribution in [0.4, 0.5) is 0 Å². The van der Waals surface area contributed by atoms with Crippen molar-refractivity contribution in [1.82, 2.24) is 9.80 Å². The van der Waals surface area contributed by atoms with E-state index in [-0.39, 0.29) is 5.92 Å². The predicted molar refractivity (Wildman–Crippen MR) is 62.4 cm³/mol. The van der Waals surface area contributed by atoms with Gasteiger partial charge in [0.05, 0.1) is 5.92 Å². The van der Waals surface area contributed by atoms with Crippen LogP contribution in [0.15, 0.2) is 0 Å². The molecule has 1 saturated carbocycles. The quantitative estimate of drug-likeness (QED) is 0.767. The third-order valence-electron chi connectivity index (χ3n) is 4.07. The number of nitrogens with zero attached hydrogens (tertiary/aromatic N) is 2. The first kappa shape index (κ1) is 11.9. The number of carbonyl (C=O) groups is 1. The number of hydrogen-bond acceptors (Lipinski definition) is 3. The number of carboxylic acid groups (broad SMARTS) is 1. The minimum Gasteiger partial charge on any atom is -0.481 e. The summed E-state index contributed by atoms with van der Waals surface area (Å²) in [5, 5.41) is 8.86. The maximum Gasteiger partial charge on any atom is 0.306 e. The van der Waals surface area contributed by atoms with Crippen LogP contribution in [-0.4, -0.2) is 60.6 Å². The Morgan fingerprint density at radius 3 is 2.56 bits per heavy atom. The zero-order valence-electron chi connectivity index (χ0n) is 10.2. The van der Waals surface area contributed by atoms with E-state index in [1.807, 2.05) is 0 Å². The highest BCUT2D eigenvalue weighted by molar-refractivity contribution is 5.73. The Hall–Kier alpha value is -0.610.